The first kappa shape index (κ1) is 13.3. The zero-order valence-corrected chi connectivity index (χ0v) is 13.0. The van der Waals surface area contributed by atoms with Crippen LogP contribution in [0.5, 0.6) is 5.75 Å². The van der Waals surface area contributed by atoms with Gasteiger partial charge in [-0.05, 0) is 61.3 Å². The van der Waals surface area contributed by atoms with Crippen LogP contribution in [0.4, 0.5) is 5.69 Å². The minimum atomic E-state index is -0.132. The van der Waals surface area contributed by atoms with E-state index in [1.165, 1.54) is 11.3 Å². The van der Waals surface area contributed by atoms with Crippen LogP contribution in [0.25, 0.3) is 0 Å². The lowest BCUT2D eigenvalue weighted by atomic mass is 9.63. The van der Waals surface area contributed by atoms with E-state index in [2.05, 4.69) is 12.2 Å². The molecule has 1 aliphatic heterocycles. The molecular weight excluding hydrogens is 290 g/mol. The summed E-state index contributed by atoms with van der Waals surface area (Å²) in [7, 11) is 0. The van der Waals surface area contributed by atoms with Crippen molar-refractivity contribution in [2.45, 2.75) is 13.3 Å². The lowest BCUT2D eigenvalue weighted by Gasteiger charge is -2.37. The highest BCUT2D eigenvalue weighted by atomic mass is 16.5. The summed E-state index contributed by atoms with van der Waals surface area (Å²) in [6.07, 6.45) is 5.60. The largest absolute Gasteiger partial charge is 0.494 e. The minimum Gasteiger partial charge on any atom is -0.494 e. The third kappa shape index (κ3) is 1.66. The van der Waals surface area contributed by atoms with Crippen molar-refractivity contribution < 1.29 is 14.3 Å². The molecule has 2 amide bonds. The highest BCUT2D eigenvalue weighted by Crippen LogP contribution is 2.65. The fourth-order valence-electron chi connectivity index (χ4n) is 5.07. The Hall–Kier alpha value is -2.10. The van der Waals surface area contributed by atoms with Gasteiger partial charge in [-0.1, -0.05) is 12.2 Å². The van der Waals surface area contributed by atoms with Gasteiger partial charge in [0.2, 0.25) is 11.8 Å². The highest BCUT2D eigenvalue weighted by molar-refractivity contribution is 6.22. The van der Waals surface area contributed by atoms with Crippen molar-refractivity contribution in [3.63, 3.8) is 0 Å². The Morgan fingerprint density at radius 2 is 1.57 bits per heavy atom. The van der Waals surface area contributed by atoms with E-state index in [1.54, 1.807) is 0 Å². The van der Waals surface area contributed by atoms with Gasteiger partial charge < -0.3 is 4.74 Å². The normalized spacial score (nSPS) is 39.4. The second kappa shape index (κ2) is 4.47. The molecule has 1 heterocycles. The van der Waals surface area contributed by atoms with E-state index in [9.17, 15) is 9.59 Å². The van der Waals surface area contributed by atoms with E-state index in [0.29, 0.717) is 24.1 Å². The van der Waals surface area contributed by atoms with Crippen LogP contribution in [0.3, 0.4) is 0 Å². The van der Waals surface area contributed by atoms with Crippen molar-refractivity contribution in [2.75, 3.05) is 11.5 Å². The number of ether oxygens (including phenoxy) is 1. The molecular formula is C19H19NO3. The molecule has 0 spiro atoms. The molecule has 6 rings (SSSR count). The number of nitrogens with zero attached hydrogens (tertiary/aromatic N) is 1. The zero-order valence-electron chi connectivity index (χ0n) is 13.0. The van der Waals surface area contributed by atoms with Crippen molar-refractivity contribution in [3.05, 3.63) is 36.4 Å². The van der Waals surface area contributed by atoms with Crippen molar-refractivity contribution in [2.24, 2.45) is 35.5 Å². The standard InChI is InChI=1S/C19H19NO3/c1-2-23-11-5-3-10(4-6-11)20-18(21)16-12-7-8-13(15-9-14(12)15)17(16)19(20)22/h3-8,12-17H,2,9H2,1H3/t12-,13+,14-,15-,16+,17+/m1/s1. The first-order valence-corrected chi connectivity index (χ1v) is 8.49. The van der Waals surface area contributed by atoms with E-state index in [4.69, 9.17) is 4.74 Å². The van der Waals surface area contributed by atoms with E-state index in [-0.39, 0.29) is 35.5 Å². The molecule has 6 atom stereocenters. The summed E-state index contributed by atoms with van der Waals surface area (Å²) in [5, 5.41) is 0. The summed E-state index contributed by atoms with van der Waals surface area (Å²) in [4.78, 5) is 27.3. The van der Waals surface area contributed by atoms with Gasteiger partial charge in [-0.3, -0.25) is 14.5 Å². The molecule has 0 N–H and O–H groups in total. The summed E-state index contributed by atoms with van der Waals surface area (Å²) < 4.78 is 5.44. The maximum atomic E-state index is 13.0. The van der Waals surface area contributed by atoms with Gasteiger partial charge in [-0.2, -0.15) is 0 Å². The zero-order chi connectivity index (χ0) is 15.7. The second-order valence-corrected chi connectivity index (χ2v) is 7.09. The van der Waals surface area contributed by atoms with E-state index >= 15 is 0 Å². The number of benzene rings is 1. The topological polar surface area (TPSA) is 46.6 Å². The van der Waals surface area contributed by atoms with Crippen LogP contribution < -0.4 is 9.64 Å². The fraction of sp³-hybridized carbons (Fsp3) is 0.474. The van der Waals surface area contributed by atoms with E-state index < -0.39 is 0 Å². The summed E-state index contributed by atoms with van der Waals surface area (Å²) in [5.41, 5.74) is 0.672. The summed E-state index contributed by atoms with van der Waals surface area (Å²) in [5.74, 6) is 2.32. The Labute approximate surface area is 135 Å². The van der Waals surface area contributed by atoms with Crippen LogP contribution >= 0.6 is 0 Å². The Kier molecular flexibility index (Phi) is 2.59. The van der Waals surface area contributed by atoms with Gasteiger partial charge in [0.15, 0.2) is 0 Å². The lowest BCUT2D eigenvalue weighted by molar-refractivity contribution is -0.124. The molecule has 1 aromatic carbocycles. The third-order valence-electron chi connectivity index (χ3n) is 6.07. The van der Waals surface area contributed by atoms with Gasteiger partial charge >= 0.3 is 0 Å². The SMILES string of the molecule is CCOc1ccc(N2C(=O)[C@H]3[C@@H]4C=C[C@@H]([C@H]5C[C@H]45)[C@@H]3C2=O)cc1. The molecule has 118 valence electrons. The van der Waals surface area contributed by atoms with Crippen LogP contribution in [-0.2, 0) is 9.59 Å². The van der Waals surface area contributed by atoms with Gasteiger partial charge in [0.05, 0.1) is 24.1 Å². The average Bonchev–Trinajstić information content (AvgIpc) is 3.34. The fourth-order valence-corrected chi connectivity index (χ4v) is 5.07. The first-order valence-electron chi connectivity index (χ1n) is 8.49. The molecule has 4 nitrogen and oxygen atoms in total. The summed E-state index contributed by atoms with van der Waals surface area (Å²) in [6.45, 7) is 2.53. The molecule has 0 aromatic heterocycles. The molecule has 5 aliphatic rings. The van der Waals surface area contributed by atoms with Crippen LogP contribution in [-0.4, -0.2) is 18.4 Å². The van der Waals surface area contributed by atoms with Crippen molar-refractivity contribution in [1.82, 2.24) is 0 Å². The lowest BCUT2D eigenvalue weighted by Crippen LogP contribution is -2.40. The van der Waals surface area contributed by atoms with Crippen molar-refractivity contribution >= 4 is 17.5 Å². The molecule has 23 heavy (non-hydrogen) atoms. The molecule has 2 bridgehead atoms. The van der Waals surface area contributed by atoms with Gasteiger partial charge in [0.1, 0.15) is 5.75 Å². The number of allylic oxidation sites excluding steroid dienone is 2. The Bertz CT molecular complexity index is 687. The number of hydrogen-bond acceptors (Lipinski definition) is 3. The monoisotopic (exact) mass is 309 g/mol. The molecule has 3 fully saturated rings. The number of imide groups is 1. The maximum absolute atomic E-state index is 13.0. The predicted octanol–water partition coefficient (Wildman–Crippen LogP) is 2.64. The van der Waals surface area contributed by atoms with E-state index in [0.717, 1.165) is 5.75 Å². The van der Waals surface area contributed by atoms with Crippen LogP contribution in [0.1, 0.15) is 13.3 Å². The molecule has 4 heteroatoms. The second-order valence-electron chi connectivity index (χ2n) is 7.09. The number of amides is 2. The number of carbonyl (C=O) groups is 2. The number of carbonyl (C=O) groups excluding carboxylic acids is 2. The minimum absolute atomic E-state index is 0.00569. The van der Waals surface area contributed by atoms with Gasteiger partial charge in [-0.25, -0.2) is 0 Å². The quantitative estimate of drug-likeness (QED) is 0.637. The molecule has 1 aromatic rings. The van der Waals surface area contributed by atoms with Crippen LogP contribution in [0, 0.1) is 35.5 Å². The summed E-state index contributed by atoms with van der Waals surface area (Å²) in [6, 6.07) is 7.28. The van der Waals surface area contributed by atoms with Crippen molar-refractivity contribution in [3.8, 4) is 5.75 Å². The molecule has 2 saturated carbocycles. The third-order valence-corrected chi connectivity index (χ3v) is 6.07. The van der Waals surface area contributed by atoms with Crippen LogP contribution in [0.15, 0.2) is 36.4 Å². The predicted molar refractivity (Wildman–Crippen MR) is 84.8 cm³/mol. The van der Waals surface area contributed by atoms with Crippen molar-refractivity contribution in [1.29, 1.82) is 0 Å². The average molecular weight is 309 g/mol. The van der Waals surface area contributed by atoms with Gasteiger partial charge in [0, 0.05) is 0 Å². The van der Waals surface area contributed by atoms with Gasteiger partial charge in [-0.15, -0.1) is 0 Å². The molecule has 0 unspecified atom stereocenters. The summed E-state index contributed by atoms with van der Waals surface area (Å²) >= 11 is 0. The van der Waals surface area contributed by atoms with E-state index in [1.807, 2.05) is 31.2 Å². The Morgan fingerprint density at radius 3 is 2.09 bits per heavy atom. The Balaban J connectivity index is 1.49. The van der Waals surface area contributed by atoms with Gasteiger partial charge in [0.25, 0.3) is 0 Å². The van der Waals surface area contributed by atoms with Crippen LogP contribution in [0.2, 0.25) is 0 Å². The molecule has 4 aliphatic carbocycles. The highest BCUT2D eigenvalue weighted by Gasteiger charge is 2.67. The smallest absolute Gasteiger partial charge is 0.238 e. The maximum Gasteiger partial charge on any atom is 0.238 e. The molecule has 1 saturated heterocycles. The molecule has 0 radical (unpaired) electrons. The number of hydrogen-bond donors (Lipinski definition) is 0. The number of rotatable bonds is 3. The Morgan fingerprint density at radius 1 is 1.00 bits per heavy atom. The number of anilines is 1. The first-order chi connectivity index (χ1) is 11.2.